The van der Waals surface area contributed by atoms with Gasteiger partial charge in [-0.1, -0.05) is 44.5 Å². The minimum atomic E-state index is -0.328. The normalized spacial score (nSPS) is 18.4. The molecule has 10 heteroatoms. The summed E-state index contributed by atoms with van der Waals surface area (Å²) in [6.07, 6.45) is 2.86. The van der Waals surface area contributed by atoms with E-state index in [0.717, 1.165) is 73.0 Å². The number of aromatic hydroxyl groups is 1. The minimum Gasteiger partial charge on any atom is -0.506 e. The Bertz CT molecular complexity index is 1400. The van der Waals surface area contributed by atoms with Crippen molar-refractivity contribution < 1.29 is 9.90 Å². The Hall–Kier alpha value is -2.46. The molecule has 7 nitrogen and oxygen atoms in total. The zero-order chi connectivity index (χ0) is 28.1. The molecule has 3 aromatic rings. The highest BCUT2D eigenvalue weighted by atomic mass is 35.5. The number of rotatable bonds is 4. The largest absolute Gasteiger partial charge is 0.506 e. The van der Waals surface area contributed by atoms with Gasteiger partial charge >= 0.3 is 6.03 Å². The lowest BCUT2D eigenvalue weighted by molar-refractivity contribution is 0.125. The molecule has 1 fully saturated rings. The Morgan fingerprint density at radius 1 is 1.15 bits per heavy atom. The number of aryl methyl sites for hydroxylation is 1. The van der Waals surface area contributed by atoms with Crippen molar-refractivity contribution in [3.8, 4) is 5.75 Å². The van der Waals surface area contributed by atoms with E-state index in [1.165, 1.54) is 4.88 Å². The number of para-hydroxylation sites is 2. The van der Waals surface area contributed by atoms with Crippen LogP contribution in [0, 0.1) is 5.41 Å². The standard InChI is InChI=1S/C30H36ClN5O2S2/c1-29(2,3)17-35-13-11-30(12-14-35)18-36(26-23(37)9-8-19(31)25(26)30)22-7-5-4-6-20(22)32-27(38)34-28-33-21-10-15-39-16-24(21)40-28/h4-9,37H,10-18H2,1-3H3,(H2,32,33,34,38). The predicted molar refractivity (Wildman–Crippen MR) is 168 cm³/mol. The molecule has 0 atom stereocenters. The van der Waals surface area contributed by atoms with E-state index in [-0.39, 0.29) is 22.6 Å². The van der Waals surface area contributed by atoms with Crippen LogP contribution in [-0.2, 0) is 17.6 Å². The second-order valence-electron chi connectivity index (χ2n) is 12.3. The number of aromatic nitrogens is 1. The summed E-state index contributed by atoms with van der Waals surface area (Å²) in [4.78, 5) is 23.7. The van der Waals surface area contributed by atoms with Crippen molar-refractivity contribution in [2.45, 2.75) is 51.2 Å². The number of carbonyl (C=O) groups is 1. The molecule has 3 aliphatic rings. The van der Waals surface area contributed by atoms with Crippen LogP contribution in [-0.4, -0.2) is 53.0 Å². The number of thiazole rings is 1. The number of hydrogen-bond donors (Lipinski definition) is 3. The maximum atomic E-state index is 13.1. The van der Waals surface area contributed by atoms with Gasteiger partial charge in [-0.15, -0.1) is 11.3 Å². The topological polar surface area (TPSA) is 80.7 Å². The molecule has 3 N–H and O–H groups in total. The lowest BCUT2D eigenvalue weighted by Crippen LogP contribution is -2.47. The number of thioether (sulfide) groups is 1. The van der Waals surface area contributed by atoms with Crippen LogP contribution in [0.2, 0.25) is 5.02 Å². The zero-order valence-electron chi connectivity index (χ0n) is 23.2. The van der Waals surface area contributed by atoms with Gasteiger partial charge in [0.25, 0.3) is 0 Å². The summed E-state index contributed by atoms with van der Waals surface area (Å²) in [6.45, 7) is 10.5. The van der Waals surface area contributed by atoms with Crippen LogP contribution in [0.25, 0.3) is 0 Å². The molecule has 3 aliphatic heterocycles. The Labute approximate surface area is 249 Å². The number of hydrogen-bond acceptors (Lipinski definition) is 7. The van der Waals surface area contributed by atoms with Crippen LogP contribution in [0.5, 0.6) is 5.75 Å². The fourth-order valence-corrected chi connectivity index (χ4v) is 8.83. The smallest absolute Gasteiger partial charge is 0.325 e. The summed E-state index contributed by atoms with van der Waals surface area (Å²) in [5.41, 5.74) is 4.44. The monoisotopic (exact) mass is 597 g/mol. The summed E-state index contributed by atoms with van der Waals surface area (Å²) >= 11 is 10.3. The first-order valence-electron chi connectivity index (χ1n) is 13.9. The summed E-state index contributed by atoms with van der Waals surface area (Å²) < 4.78 is 0. The highest BCUT2D eigenvalue weighted by Crippen LogP contribution is 2.56. The van der Waals surface area contributed by atoms with Gasteiger partial charge in [0.1, 0.15) is 5.75 Å². The third-order valence-corrected chi connectivity index (χ3v) is 10.5. The summed E-state index contributed by atoms with van der Waals surface area (Å²) in [7, 11) is 0. The van der Waals surface area contributed by atoms with E-state index >= 15 is 0 Å². The Kier molecular flexibility index (Phi) is 7.44. The number of phenolic OH excluding ortho intramolecular Hbond substituents is 1. The van der Waals surface area contributed by atoms with Crippen molar-refractivity contribution in [1.29, 1.82) is 0 Å². The molecule has 40 heavy (non-hydrogen) atoms. The molecule has 4 heterocycles. The average molecular weight is 598 g/mol. The molecule has 0 radical (unpaired) electrons. The molecule has 1 saturated heterocycles. The molecular formula is C30H36ClN5O2S2. The van der Waals surface area contributed by atoms with Crippen molar-refractivity contribution in [1.82, 2.24) is 9.88 Å². The number of carbonyl (C=O) groups excluding carboxylic acids is 1. The van der Waals surface area contributed by atoms with Gasteiger partial charge in [0.15, 0.2) is 5.13 Å². The number of anilines is 4. The number of likely N-dealkylation sites (tertiary alicyclic amines) is 1. The third-order valence-electron chi connectivity index (χ3n) is 8.04. The van der Waals surface area contributed by atoms with Gasteiger partial charge < -0.3 is 20.2 Å². The molecule has 212 valence electrons. The van der Waals surface area contributed by atoms with E-state index in [4.69, 9.17) is 11.6 Å². The van der Waals surface area contributed by atoms with Crippen LogP contribution >= 0.6 is 34.7 Å². The number of phenols is 1. The van der Waals surface area contributed by atoms with Crippen LogP contribution in [0.3, 0.4) is 0 Å². The minimum absolute atomic E-state index is 0.174. The number of urea groups is 1. The van der Waals surface area contributed by atoms with Crippen LogP contribution in [0.4, 0.5) is 27.0 Å². The summed E-state index contributed by atoms with van der Waals surface area (Å²) in [5, 5.41) is 18.4. The van der Waals surface area contributed by atoms with E-state index in [0.29, 0.717) is 22.4 Å². The number of nitrogens with one attached hydrogen (secondary N) is 2. The summed E-state index contributed by atoms with van der Waals surface area (Å²) in [6, 6.07) is 10.9. The molecule has 1 spiro atoms. The van der Waals surface area contributed by atoms with Gasteiger partial charge in [0, 0.05) is 39.7 Å². The molecule has 0 unspecified atom stereocenters. The molecular weight excluding hydrogens is 562 g/mol. The number of amides is 2. The number of nitrogens with zero attached hydrogens (tertiary/aromatic N) is 3. The van der Waals surface area contributed by atoms with Crippen molar-refractivity contribution >= 4 is 62.9 Å². The molecule has 0 saturated carbocycles. The lowest BCUT2D eigenvalue weighted by Gasteiger charge is -2.42. The van der Waals surface area contributed by atoms with Gasteiger partial charge in [-0.25, -0.2) is 9.78 Å². The highest BCUT2D eigenvalue weighted by molar-refractivity contribution is 7.98. The average Bonchev–Trinajstić information content (AvgIpc) is 3.46. The van der Waals surface area contributed by atoms with Crippen molar-refractivity contribution in [2.24, 2.45) is 5.41 Å². The Morgan fingerprint density at radius 3 is 2.67 bits per heavy atom. The predicted octanol–water partition coefficient (Wildman–Crippen LogP) is 7.47. The van der Waals surface area contributed by atoms with E-state index in [9.17, 15) is 9.90 Å². The van der Waals surface area contributed by atoms with E-state index in [1.807, 2.05) is 42.1 Å². The lowest BCUT2D eigenvalue weighted by atomic mass is 9.74. The maximum Gasteiger partial charge on any atom is 0.325 e. The third kappa shape index (κ3) is 5.41. The first-order chi connectivity index (χ1) is 19.1. The number of benzene rings is 2. The number of piperidine rings is 1. The second kappa shape index (κ2) is 10.7. The van der Waals surface area contributed by atoms with Crippen LogP contribution in [0.1, 0.15) is 49.7 Å². The molecule has 0 aliphatic carbocycles. The SMILES string of the molecule is CC(C)(C)CN1CCC2(CC1)CN(c1ccccc1NC(=O)Nc1nc3c(s1)CSCC3)c1c(O)ccc(Cl)c12. The van der Waals surface area contributed by atoms with Crippen LogP contribution in [0.15, 0.2) is 36.4 Å². The second-order valence-corrected chi connectivity index (χ2v) is 14.9. The molecule has 2 amide bonds. The maximum absolute atomic E-state index is 13.1. The fraction of sp³-hybridized carbons (Fsp3) is 0.467. The quantitative estimate of drug-likeness (QED) is 0.289. The fourth-order valence-electron chi connectivity index (χ4n) is 6.36. The first-order valence-corrected chi connectivity index (χ1v) is 16.2. The highest BCUT2D eigenvalue weighted by Gasteiger charge is 2.48. The van der Waals surface area contributed by atoms with Gasteiger partial charge in [-0.05, 0) is 67.8 Å². The zero-order valence-corrected chi connectivity index (χ0v) is 25.6. The molecule has 0 bridgehead atoms. The number of halogens is 1. The van der Waals surface area contributed by atoms with Gasteiger partial charge in [0.2, 0.25) is 0 Å². The van der Waals surface area contributed by atoms with Crippen molar-refractivity contribution in [3.05, 3.63) is 57.6 Å². The number of fused-ring (bicyclic) bond motifs is 3. The Balaban J connectivity index is 1.27. The van der Waals surface area contributed by atoms with Gasteiger partial charge in [0.05, 0.1) is 22.8 Å². The van der Waals surface area contributed by atoms with Crippen LogP contribution < -0.4 is 15.5 Å². The Morgan fingerprint density at radius 2 is 1.93 bits per heavy atom. The summed E-state index contributed by atoms with van der Waals surface area (Å²) in [5.74, 6) is 2.23. The van der Waals surface area contributed by atoms with E-state index in [2.05, 4.69) is 46.2 Å². The van der Waals surface area contributed by atoms with Crippen molar-refractivity contribution in [2.75, 3.05) is 47.5 Å². The van der Waals surface area contributed by atoms with Crippen molar-refractivity contribution in [3.63, 3.8) is 0 Å². The molecule has 6 rings (SSSR count). The van der Waals surface area contributed by atoms with Gasteiger partial charge in [-0.2, -0.15) is 11.8 Å². The first kappa shape index (κ1) is 27.7. The van der Waals surface area contributed by atoms with E-state index < -0.39 is 0 Å². The van der Waals surface area contributed by atoms with E-state index in [1.54, 1.807) is 17.4 Å². The molecule has 2 aromatic carbocycles. The molecule has 1 aromatic heterocycles. The van der Waals surface area contributed by atoms with Gasteiger partial charge in [-0.3, -0.25) is 5.32 Å².